The number of ether oxygens (including phenoxy) is 5. The van der Waals surface area contributed by atoms with Gasteiger partial charge in [-0.2, -0.15) is 0 Å². The molecule has 0 radical (unpaired) electrons. The van der Waals surface area contributed by atoms with Crippen LogP contribution in [0.3, 0.4) is 0 Å². The number of benzene rings is 2. The number of carbonyl (C=O) groups excluding carboxylic acids is 5. The van der Waals surface area contributed by atoms with Gasteiger partial charge in [0.05, 0.1) is 29.5 Å². The van der Waals surface area contributed by atoms with Crippen LogP contribution in [-0.4, -0.2) is 99.2 Å². The Balaban J connectivity index is 1.47. The standard InChI is InChI=1S/C40H43NO15/c1-7-16(2)37(50)55-32-17(3)54-25(15-24(32)43)19-12-13-20-26(29(19)44)30(45)27-21(39(20,4)52-5)14-22-33(56-38(51)18-10-8-9-11-23(18)42)31(46)28(36(41)49)35(48)40(22,53-6)34(27)47/h7-13,17,21-22,24-25,32-33,42-45,48H,14-15H2,1-6H3,(H2,41,49)/b16-7+. The van der Waals surface area contributed by atoms with Crippen LogP contribution >= 0.6 is 0 Å². The van der Waals surface area contributed by atoms with E-state index in [1.165, 1.54) is 43.5 Å². The van der Waals surface area contributed by atoms with E-state index in [-0.39, 0.29) is 35.1 Å². The number of ketones is 2. The Morgan fingerprint density at radius 2 is 1.66 bits per heavy atom. The molecule has 1 saturated carbocycles. The van der Waals surface area contributed by atoms with E-state index in [2.05, 4.69) is 0 Å². The van der Waals surface area contributed by atoms with Crippen molar-refractivity contribution in [2.24, 2.45) is 17.6 Å². The number of phenolic OH excluding ortho intramolecular Hbond substituents is 2. The zero-order valence-electron chi connectivity index (χ0n) is 31.4. The van der Waals surface area contributed by atoms with E-state index in [1.54, 1.807) is 33.8 Å². The maximum absolute atomic E-state index is 15.0. The number of allylic oxidation sites excluding steroid dienone is 1. The van der Waals surface area contributed by atoms with E-state index in [0.29, 0.717) is 5.57 Å². The molecule has 2 aromatic carbocycles. The first-order valence-electron chi connectivity index (χ1n) is 17.8. The summed E-state index contributed by atoms with van der Waals surface area (Å²) >= 11 is 0. The summed E-state index contributed by atoms with van der Waals surface area (Å²) < 4.78 is 29.0. The van der Waals surface area contributed by atoms with Crippen LogP contribution in [0.5, 0.6) is 11.5 Å². The van der Waals surface area contributed by atoms with Gasteiger partial charge >= 0.3 is 11.9 Å². The van der Waals surface area contributed by atoms with Crippen molar-refractivity contribution < 1.29 is 73.2 Å². The van der Waals surface area contributed by atoms with Gasteiger partial charge < -0.3 is 55.0 Å². The molecule has 3 aliphatic carbocycles. The van der Waals surface area contributed by atoms with Crippen molar-refractivity contribution in [3.8, 4) is 11.5 Å². The molecule has 2 fully saturated rings. The fourth-order valence-corrected chi connectivity index (χ4v) is 8.49. The fourth-order valence-electron chi connectivity index (χ4n) is 8.49. The number of hydrogen-bond acceptors (Lipinski definition) is 15. The van der Waals surface area contributed by atoms with E-state index in [4.69, 9.17) is 29.4 Å². The van der Waals surface area contributed by atoms with Gasteiger partial charge in [0.1, 0.15) is 34.2 Å². The van der Waals surface area contributed by atoms with Crippen LogP contribution in [0.4, 0.5) is 0 Å². The molecule has 2 aromatic rings. The Hall–Kier alpha value is -5.55. The Kier molecular flexibility index (Phi) is 10.4. The lowest BCUT2D eigenvalue weighted by molar-refractivity contribution is -0.191. The minimum atomic E-state index is -2.63. The van der Waals surface area contributed by atoms with E-state index in [9.17, 15) is 49.5 Å². The molecule has 56 heavy (non-hydrogen) atoms. The molecular weight excluding hydrogens is 734 g/mol. The first kappa shape index (κ1) is 40.1. The van der Waals surface area contributed by atoms with Crippen molar-refractivity contribution in [3.63, 3.8) is 0 Å². The highest BCUT2D eigenvalue weighted by Gasteiger charge is 2.68. The lowest BCUT2D eigenvalue weighted by atomic mass is 9.55. The number of rotatable bonds is 8. The number of para-hydroxylation sites is 1. The average molecular weight is 778 g/mol. The second-order valence-electron chi connectivity index (χ2n) is 14.4. The van der Waals surface area contributed by atoms with Gasteiger partial charge in [-0.25, -0.2) is 9.59 Å². The number of fused-ring (bicyclic) bond motifs is 3. The van der Waals surface area contributed by atoms with Gasteiger partial charge in [0, 0.05) is 49.2 Å². The van der Waals surface area contributed by atoms with Crippen LogP contribution in [-0.2, 0) is 48.5 Å². The molecule has 1 aliphatic heterocycles. The molecule has 298 valence electrons. The number of aliphatic hydroxyl groups excluding tert-OH is 3. The Bertz CT molecular complexity index is 2120. The van der Waals surface area contributed by atoms with E-state index < -0.39 is 117 Å². The molecular formula is C40H43NO15. The van der Waals surface area contributed by atoms with Crippen LogP contribution in [0.1, 0.15) is 73.7 Å². The molecule has 9 atom stereocenters. The van der Waals surface area contributed by atoms with Crippen molar-refractivity contribution in [2.75, 3.05) is 14.2 Å². The van der Waals surface area contributed by atoms with Crippen molar-refractivity contribution in [2.45, 2.75) is 82.3 Å². The molecule has 6 rings (SSSR count). The predicted molar refractivity (Wildman–Crippen MR) is 193 cm³/mol. The number of esters is 2. The number of aliphatic hydroxyl groups is 3. The molecule has 9 unspecified atom stereocenters. The third-order valence-electron chi connectivity index (χ3n) is 11.7. The quantitative estimate of drug-likeness (QED) is 0.128. The summed E-state index contributed by atoms with van der Waals surface area (Å²) in [6, 6.07) is 8.34. The van der Waals surface area contributed by atoms with E-state index >= 15 is 0 Å². The summed E-state index contributed by atoms with van der Waals surface area (Å²) in [5.41, 5.74) is -0.104. The van der Waals surface area contributed by atoms with Crippen LogP contribution < -0.4 is 5.73 Å². The van der Waals surface area contributed by atoms with Crippen molar-refractivity contribution in [1.29, 1.82) is 0 Å². The van der Waals surface area contributed by atoms with Crippen LogP contribution in [0, 0.1) is 11.8 Å². The highest BCUT2D eigenvalue weighted by atomic mass is 16.6. The molecule has 0 spiro atoms. The molecule has 7 N–H and O–H groups in total. The number of primary amides is 1. The number of hydrogen-bond donors (Lipinski definition) is 6. The summed E-state index contributed by atoms with van der Waals surface area (Å²) in [5.74, 6) is -11.3. The third kappa shape index (κ3) is 5.86. The first-order chi connectivity index (χ1) is 26.4. The molecule has 1 saturated heterocycles. The second kappa shape index (κ2) is 14.5. The maximum Gasteiger partial charge on any atom is 0.342 e. The van der Waals surface area contributed by atoms with Gasteiger partial charge in [0.25, 0.3) is 5.91 Å². The number of carbonyl (C=O) groups is 5. The van der Waals surface area contributed by atoms with Crippen LogP contribution in [0.25, 0.3) is 5.76 Å². The topological polar surface area (TPSA) is 259 Å². The second-order valence-corrected chi connectivity index (χ2v) is 14.4. The largest absolute Gasteiger partial charge is 0.508 e. The number of methoxy groups -OCH3 is 2. The van der Waals surface area contributed by atoms with Gasteiger partial charge in [-0.05, 0) is 51.8 Å². The van der Waals surface area contributed by atoms with Crippen LogP contribution in [0.2, 0.25) is 0 Å². The average Bonchev–Trinajstić information content (AvgIpc) is 3.16. The van der Waals surface area contributed by atoms with Gasteiger partial charge in [0.15, 0.2) is 17.8 Å². The molecule has 16 nitrogen and oxygen atoms in total. The summed E-state index contributed by atoms with van der Waals surface area (Å²) in [6.45, 7) is 6.39. The van der Waals surface area contributed by atoms with Crippen molar-refractivity contribution in [3.05, 3.63) is 87.2 Å². The number of nitrogens with two attached hydrogens (primary N) is 1. The zero-order valence-corrected chi connectivity index (χ0v) is 31.4. The normalized spacial score (nSPS) is 31.6. The van der Waals surface area contributed by atoms with Crippen molar-refractivity contribution >= 4 is 35.2 Å². The van der Waals surface area contributed by atoms with Crippen molar-refractivity contribution in [1.82, 2.24) is 0 Å². The Labute approximate surface area is 320 Å². The minimum Gasteiger partial charge on any atom is -0.508 e. The van der Waals surface area contributed by atoms with Gasteiger partial charge in [-0.15, -0.1) is 0 Å². The number of amides is 1. The molecule has 0 bridgehead atoms. The minimum absolute atomic E-state index is 0.105. The summed E-state index contributed by atoms with van der Waals surface area (Å²) in [7, 11) is 2.33. The molecule has 1 amide bonds. The molecule has 4 aliphatic rings. The lowest BCUT2D eigenvalue weighted by Crippen LogP contribution is -2.66. The first-order valence-corrected chi connectivity index (χ1v) is 17.8. The zero-order chi connectivity index (χ0) is 41.2. The monoisotopic (exact) mass is 777 g/mol. The number of Topliss-reactive ketones (excluding diaryl/α,β-unsaturated/α-hetero) is 2. The van der Waals surface area contributed by atoms with Gasteiger partial charge in [-0.3, -0.25) is 14.4 Å². The Morgan fingerprint density at radius 3 is 2.25 bits per heavy atom. The van der Waals surface area contributed by atoms with E-state index in [1.807, 2.05) is 0 Å². The highest BCUT2D eigenvalue weighted by molar-refractivity contribution is 6.24. The lowest BCUT2D eigenvalue weighted by Gasteiger charge is -2.53. The number of aromatic hydroxyl groups is 2. The summed E-state index contributed by atoms with van der Waals surface area (Å²) in [6.07, 6.45) is -4.99. The highest BCUT2D eigenvalue weighted by Crippen LogP contribution is 2.60. The van der Waals surface area contributed by atoms with E-state index in [0.717, 1.165) is 7.11 Å². The SMILES string of the molecule is C/C=C(\C)C(=O)OC1C(O)CC(c2ccc3c(c2O)C(O)=C2C(=O)C4(OC)C(O)=C(C(N)=O)C(=O)C(OC(=O)c5ccccc5O)C4CC2C3(C)OC)OC1C. The van der Waals surface area contributed by atoms with Gasteiger partial charge in [-0.1, -0.05) is 30.3 Å². The fraction of sp³-hybridized carbons (Fsp3) is 0.425. The summed E-state index contributed by atoms with van der Waals surface area (Å²) in [4.78, 5) is 67.4. The molecule has 1 heterocycles. The maximum atomic E-state index is 15.0. The predicted octanol–water partition coefficient (Wildman–Crippen LogP) is 3.03. The molecule has 0 aromatic heterocycles. The third-order valence-corrected chi connectivity index (χ3v) is 11.7. The molecule has 16 heteroatoms. The summed E-state index contributed by atoms with van der Waals surface area (Å²) in [5, 5.41) is 56.9. The van der Waals surface area contributed by atoms with Gasteiger partial charge in [0.2, 0.25) is 11.6 Å². The Morgan fingerprint density at radius 1 is 0.982 bits per heavy atom. The number of phenols is 2. The smallest absolute Gasteiger partial charge is 0.342 e. The van der Waals surface area contributed by atoms with Crippen LogP contribution in [0.15, 0.2) is 65.0 Å².